The number of ketones is 2. The molecule has 1 heterocycles. The number of benzene rings is 2. The Morgan fingerprint density at radius 2 is 1.79 bits per heavy atom. The van der Waals surface area contributed by atoms with Crippen LogP contribution in [0.2, 0.25) is 0 Å². The van der Waals surface area contributed by atoms with Crippen LogP contribution >= 0.6 is 0 Å². The molecule has 0 saturated heterocycles. The van der Waals surface area contributed by atoms with Gasteiger partial charge in [-0.25, -0.2) is 0 Å². The van der Waals surface area contributed by atoms with Crippen LogP contribution in [0.1, 0.15) is 69.4 Å². The summed E-state index contributed by atoms with van der Waals surface area (Å²) in [5.41, 5.74) is -0.476. The molecule has 1 atom stereocenters. The molecule has 29 heavy (non-hydrogen) atoms. The van der Waals surface area contributed by atoms with Crippen molar-refractivity contribution in [2.24, 2.45) is 0 Å². The number of fused-ring (bicyclic) bond motifs is 3. The van der Waals surface area contributed by atoms with Crippen LogP contribution in [-0.2, 0) is 5.54 Å². The number of rotatable bonds is 1. The fourth-order valence-electron chi connectivity index (χ4n) is 4.82. The summed E-state index contributed by atoms with van der Waals surface area (Å²) in [6.07, 6.45) is -0.244. The van der Waals surface area contributed by atoms with E-state index in [1.54, 1.807) is 12.1 Å². The summed E-state index contributed by atoms with van der Waals surface area (Å²) in [6, 6.07) is 7.96. The van der Waals surface area contributed by atoms with E-state index in [1.165, 1.54) is 30.2 Å². The van der Waals surface area contributed by atoms with Crippen LogP contribution in [0.5, 0.6) is 11.5 Å². The van der Waals surface area contributed by atoms with E-state index in [0.717, 1.165) is 5.56 Å². The lowest BCUT2D eigenvalue weighted by molar-refractivity contribution is 0.0139. The Morgan fingerprint density at radius 3 is 2.41 bits per heavy atom. The zero-order chi connectivity index (χ0) is 21.3. The topological polar surface area (TPSA) is 83.9 Å². The van der Waals surface area contributed by atoms with Crippen LogP contribution in [0, 0.1) is 6.92 Å². The third-order valence-electron chi connectivity index (χ3n) is 5.72. The lowest BCUT2D eigenvalue weighted by Crippen LogP contribution is -2.60. The number of ether oxygens (including phenoxy) is 1. The van der Waals surface area contributed by atoms with Crippen LogP contribution in [0.4, 0.5) is 0 Å². The number of hydrogen-bond donors (Lipinski definition) is 1. The Labute approximate surface area is 169 Å². The highest BCUT2D eigenvalue weighted by molar-refractivity contribution is 6.23. The fraction of sp³-hybridized carbons (Fsp3) is 0.348. The first-order valence-electron chi connectivity index (χ1n) is 9.47. The molecule has 0 fully saturated rings. The van der Waals surface area contributed by atoms with Crippen molar-refractivity contribution in [2.75, 3.05) is 7.11 Å². The smallest absolute Gasteiger partial charge is 0.255 e. The largest absolute Gasteiger partial charge is 0.507 e. The van der Waals surface area contributed by atoms with Crippen LogP contribution < -0.4 is 4.74 Å². The second kappa shape index (κ2) is 5.92. The second-order valence-corrected chi connectivity index (χ2v) is 8.69. The number of Topliss-reactive ketones (excluding diaryl/α,β-unsaturated/α-hetero) is 2. The van der Waals surface area contributed by atoms with Crippen LogP contribution in [-0.4, -0.2) is 40.1 Å². The van der Waals surface area contributed by atoms with Gasteiger partial charge in [0.05, 0.1) is 12.7 Å². The van der Waals surface area contributed by atoms with Gasteiger partial charge >= 0.3 is 0 Å². The molecule has 1 aliphatic carbocycles. The molecule has 1 spiro atoms. The maximum atomic E-state index is 13.9. The maximum Gasteiger partial charge on any atom is 0.255 e. The summed E-state index contributed by atoms with van der Waals surface area (Å²) in [6.45, 7) is 7.37. The van der Waals surface area contributed by atoms with Gasteiger partial charge in [0, 0.05) is 28.7 Å². The number of phenolic OH excluding ortho intramolecular Hbond substituents is 1. The fourth-order valence-corrected chi connectivity index (χ4v) is 4.82. The van der Waals surface area contributed by atoms with Crippen molar-refractivity contribution in [3.63, 3.8) is 0 Å². The van der Waals surface area contributed by atoms with Crippen molar-refractivity contribution in [3.05, 3.63) is 58.1 Å². The molecule has 2 aromatic carbocycles. The van der Waals surface area contributed by atoms with Gasteiger partial charge in [-0.2, -0.15) is 0 Å². The zero-order valence-electron chi connectivity index (χ0n) is 17.1. The Hall–Kier alpha value is -3.15. The molecular formula is C23H23NO5. The zero-order valence-corrected chi connectivity index (χ0v) is 17.1. The molecule has 0 bridgehead atoms. The first-order valence-corrected chi connectivity index (χ1v) is 9.47. The van der Waals surface area contributed by atoms with Crippen molar-refractivity contribution in [1.29, 1.82) is 0 Å². The average molecular weight is 393 g/mol. The Morgan fingerprint density at radius 1 is 1.10 bits per heavy atom. The van der Waals surface area contributed by atoms with Crippen molar-refractivity contribution in [3.8, 4) is 11.5 Å². The number of amides is 1. The van der Waals surface area contributed by atoms with Crippen LogP contribution in [0.25, 0.3) is 0 Å². The lowest BCUT2D eigenvalue weighted by atomic mass is 9.70. The van der Waals surface area contributed by atoms with Crippen molar-refractivity contribution in [1.82, 2.24) is 4.90 Å². The Balaban J connectivity index is 2.12. The monoisotopic (exact) mass is 393 g/mol. The number of carbonyl (C=O) groups is 3. The SMILES string of the molecule is COc1cc(C)cc2c1C1(CC(=O)c3c(O)cccc3C1=O)N(C(C)(C)C)C2=O. The summed E-state index contributed by atoms with van der Waals surface area (Å²) in [4.78, 5) is 42.2. The van der Waals surface area contributed by atoms with Crippen molar-refractivity contribution < 1.29 is 24.2 Å². The molecule has 0 radical (unpaired) electrons. The minimum absolute atomic E-state index is 0.0176. The van der Waals surface area contributed by atoms with E-state index in [4.69, 9.17) is 4.74 Å². The van der Waals surface area contributed by atoms with Gasteiger partial charge in [-0.1, -0.05) is 12.1 Å². The Kier molecular flexibility index (Phi) is 3.92. The molecule has 2 aliphatic rings. The lowest BCUT2D eigenvalue weighted by Gasteiger charge is -2.47. The number of methoxy groups -OCH3 is 1. The predicted molar refractivity (Wildman–Crippen MR) is 107 cm³/mol. The number of nitrogens with zero attached hydrogens (tertiary/aromatic N) is 1. The van der Waals surface area contributed by atoms with Gasteiger partial charge in [-0.3, -0.25) is 14.4 Å². The number of aromatic hydroxyl groups is 1. The van der Waals surface area contributed by atoms with Gasteiger partial charge in [-0.05, 0) is 51.5 Å². The predicted octanol–water partition coefficient (Wildman–Crippen LogP) is 3.63. The van der Waals surface area contributed by atoms with E-state index in [-0.39, 0.29) is 40.8 Å². The number of hydrogen-bond acceptors (Lipinski definition) is 5. The van der Waals surface area contributed by atoms with E-state index in [0.29, 0.717) is 16.9 Å². The van der Waals surface area contributed by atoms with E-state index < -0.39 is 11.1 Å². The summed E-state index contributed by atoms with van der Waals surface area (Å²) in [7, 11) is 1.49. The highest BCUT2D eigenvalue weighted by Gasteiger charge is 2.62. The summed E-state index contributed by atoms with van der Waals surface area (Å²) < 4.78 is 5.58. The van der Waals surface area contributed by atoms with E-state index in [1.807, 2.05) is 27.7 Å². The first kappa shape index (κ1) is 19.2. The second-order valence-electron chi connectivity index (χ2n) is 8.69. The average Bonchev–Trinajstić information content (AvgIpc) is 2.88. The molecule has 2 aromatic rings. The van der Waals surface area contributed by atoms with Gasteiger partial charge in [0.1, 0.15) is 17.0 Å². The van der Waals surface area contributed by atoms with Gasteiger partial charge < -0.3 is 14.7 Å². The number of phenols is 1. The molecule has 0 aromatic heterocycles. The van der Waals surface area contributed by atoms with Gasteiger partial charge in [0.25, 0.3) is 5.91 Å². The van der Waals surface area contributed by atoms with E-state index in [2.05, 4.69) is 0 Å². The van der Waals surface area contributed by atoms with Crippen molar-refractivity contribution >= 4 is 17.5 Å². The minimum Gasteiger partial charge on any atom is -0.507 e. The van der Waals surface area contributed by atoms with Crippen molar-refractivity contribution in [2.45, 2.75) is 45.2 Å². The van der Waals surface area contributed by atoms with E-state index in [9.17, 15) is 19.5 Å². The molecule has 4 rings (SSSR count). The molecular weight excluding hydrogens is 370 g/mol. The third-order valence-corrected chi connectivity index (χ3v) is 5.72. The van der Waals surface area contributed by atoms with Gasteiger partial charge in [0.2, 0.25) is 0 Å². The summed E-state index contributed by atoms with van der Waals surface area (Å²) in [5.74, 6) is -0.884. The number of aryl methyl sites for hydroxylation is 1. The minimum atomic E-state index is -1.51. The summed E-state index contributed by atoms with van der Waals surface area (Å²) >= 11 is 0. The van der Waals surface area contributed by atoms with Crippen LogP contribution in [0.3, 0.4) is 0 Å². The molecule has 6 heteroatoms. The summed E-state index contributed by atoms with van der Waals surface area (Å²) in [5, 5.41) is 10.2. The molecule has 1 aliphatic heterocycles. The number of carbonyl (C=O) groups excluding carboxylic acids is 3. The highest BCUT2D eigenvalue weighted by Crippen LogP contribution is 2.54. The van der Waals surface area contributed by atoms with Gasteiger partial charge in [-0.15, -0.1) is 0 Å². The molecule has 0 saturated carbocycles. The Bertz CT molecular complexity index is 1100. The first-order chi connectivity index (χ1) is 13.5. The molecule has 6 nitrogen and oxygen atoms in total. The third kappa shape index (κ3) is 2.38. The molecule has 150 valence electrons. The van der Waals surface area contributed by atoms with Crippen LogP contribution in [0.15, 0.2) is 30.3 Å². The molecule has 1 amide bonds. The molecule has 1 N–H and O–H groups in total. The standard InChI is InChI=1S/C23H23NO5/c1-12-9-14-19(17(10-12)29-5)23(24(21(14)28)22(2,3)4)11-16(26)18-13(20(23)27)7-6-8-15(18)25/h6-10,25H,11H2,1-5H3. The van der Waals surface area contributed by atoms with Gasteiger partial charge in [0.15, 0.2) is 11.6 Å². The highest BCUT2D eigenvalue weighted by atomic mass is 16.5. The quantitative estimate of drug-likeness (QED) is 0.800. The normalized spacial score (nSPS) is 20.9. The molecule has 1 unspecified atom stereocenters. The maximum absolute atomic E-state index is 13.9. The van der Waals surface area contributed by atoms with E-state index >= 15 is 0 Å².